The number of hydrogen-bond acceptors (Lipinski definition) is 2. The Bertz CT molecular complexity index is 733. The van der Waals surface area contributed by atoms with Crippen molar-refractivity contribution in [1.29, 1.82) is 0 Å². The summed E-state index contributed by atoms with van der Waals surface area (Å²) in [4.78, 5) is 27.6. The summed E-state index contributed by atoms with van der Waals surface area (Å²) < 4.78 is 1.06. The first kappa shape index (κ1) is 13.9. The van der Waals surface area contributed by atoms with Crippen LogP contribution in [0.4, 0.5) is 5.69 Å². The van der Waals surface area contributed by atoms with Crippen LogP contribution in [-0.4, -0.2) is 16.8 Å². The molecule has 1 saturated heterocycles. The summed E-state index contributed by atoms with van der Waals surface area (Å²) in [5, 5.41) is 1.28. The zero-order chi connectivity index (χ0) is 15.0. The number of halogens is 1. The number of aromatic amines is 1. The van der Waals surface area contributed by atoms with Crippen molar-refractivity contribution in [2.24, 2.45) is 0 Å². The highest BCUT2D eigenvalue weighted by Gasteiger charge is 2.36. The third-order valence-electron chi connectivity index (χ3n) is 3.32. The summed E-state index contributed by atoms with van der Waals surface area (Å²) in [6, 6.07) is 11.0. The standard InChI is InChI=1S/C15H12IN3O2/c1-9(12-3-2-8-17-12)13-14(20)18-19(15(13)21)11-6-4-10(16)5-7-11/h2-8,17H,1H3,(H,18,20). The molecule has 0 radical (unpaired) electrons. The molecule has 1 aromatic heterocycles. The number of hydrogen-bond donors (Lipinski definition) is 2. The highest BCUT2D eigenvalue weighted by atomic mass is 127. The van der Waals surface area contributed by atoms with Crippen LogP contribution in [0.3, 0.4) is 0 Å². The lowest BCUT2D eigenvalue weighted by molar-refractivity contribution is -0.117. The van der Waals surface area contributed by atoms with E-state index in [1.54, 1.807) is 25.3 Å². The zero-order valence-electron chi connectivity index (χ0n) is 11.2. The summed E-state index contributed by atoms with van der Waals surface area (Å²) in [5.41, 5.74) is 4.80. The van der Waals surface area contributed by atoms with Crippen LogP contribution >= 0.6 is 22.6 Å². The maximum Gasteiger partial charge on any atom is 0.283 e. The number of amides is 2. The fraction of sp³-hybridized carbons (Fsp3) is 0.0667. The van der Waals surface area contributed by atoms with Gasteiger partial charge in [0.25, 0.3) is 11.8 Å². The number of hydrazine groups is 1. The predicted molar refractivity (Wildman–Crippen MR) is 88.2 cm³/mol. The molecule has 0 saturated carbocycles. The van der Waals surface area contributed by atoms with E-state index in [2.05, 4.69) is 33.0 Å². The molecule has 2 N–H and O–H groups in total. The minimum Gasteiger partial charge on any atom is -0.361 e. The van der Waals surface area contributed by atoms with Crippen LogP contribution in [0.1, 0.15) is 12.6 Å². The van der Waals surface area contributed by atoms with E-state index in [0.29, 0.717) is 11.3 Å². The second kappa shape index (κ2) is 5.36. The van der Waals surface area contributed by atoms with Crippen LogP contribution in [0, 0.1) is 3.57 Å². The molecule has 5 nitrogen and oxygen atoms in total. The average Bonchev–Trinajstić information content (AvgIpc) is 3.08. The Hall–Kier alpha value is -2.09. The number of carbonyl (C=O) groups is 2. The molecule has 0 spiro atoms. The molecule has 106 valence electrons. The van der Waals surface area contributed by atoms with Crippen LogP contribution in [0.5, 0.6) is 0 Å². The maximum absolute atomic E-state index is 12.5. The van der Waals surface area contributed by atoms with E-state index in [1.165, 1.54) is 5.01 Å². The SMILES string of the molecule is CC(=C1C(=O)NN(c2ccc(I)cc2)C1=O)c1ccc[nH]1. The smallest absolute Gasteiger partial charge is 0.283 e. The van der Waals surface area contributed by atoms with Gasteiger partial charge in [0.2, 0.25) is 0 Å². The zero-order valence-corrected chi connectivity index (χ0v) is 13.3. The van der Waals surface area contributed by atoms with E-state index in [-0.39, 0.29) is 17.4 Å². The van der Waals surface area contributed by atoms with Crippen LogP contribution in [0.15, 0.2) is 48.2 Å². The van der Waals surface area contributed by atoms with Crippen molar-refractivity contribution in [2.45, 2.75) is 6.92 Å². The maximum atomic E-state index is 12.5. The van der Waals surface area contributed by atoms with Crippen molar-refractivity contribution in [3.8, 4) is 0 Å². The number of anilines is 1. The number of H-pyrrole nitrogens is 1. The number of benzene rings is 1. The third kappa shape index (κ3) is 2.46. The summed E-state index contributed by atoms with van der Waals surface area (Å²) in [6.07, 6.45) is 1.76. The fourth-order valence-corrected chi connectivity index (χ4v) is 2.58. The molecular weight excluding hydrogens is 381 g/mol. The fourth-order valence-electron chi connectivity index (χ4n) is 2.22. The van der Waals surface area contributed by atoms with E-state index in [0.717, 1.165) is 9.26 Å². The van der Waals surface area contributed by atoms with Gasteiger partial charge in [0.1, 0.15) is 5.57 Å². The van der Waals surface area contributed by atoms with Crippen molar-refractivity contribution in [2.75, 3.05) is 5.01 Å². The first-order chi connectivity index (χ1) is 10.1. The van der Waals surface area contributed by atoms with E-state index < -0.39 is 0 Å². The molecule has 21 heavy (non-hydrogen) atoms. The summed E-state index contributed by atoms with van der Waals surface area (Å²) in [5.74, 6) is -0.723. The lowest BCUT2D eigenvalue weighted by Crippen LogP contribution is -2.35. The highest BCUT2D eigenvalue weighted by Crippen LogP contribution is 2.25. The topological polar surface area (TPSA) is 65.2 Å². The molecule has 1 fully saturated rings. The monoisotopic (exact) mass is 393 g/mol. The minimum absolute atomic E-state index is 0.163. The quantitative estimate of drug-likeness (QED) is 0.468. The normalized spacial score (nSPS) is 17.1. The van der Waals surface area contributed by atoms with Gasteiger partial charge < -0.3 is 4.98 Å². The minimum atomic E-state index is -0.384. The van der Waals surface area contributed by atoms with E-state index in [1.807, 2.05) is 24.3 Å². The molecule has 2 amide bonds. The van der Waals surface area contributed by atoms with Gasteiger partial charge in [0.15, 0.2) is 0 Å². The second-order valence-corrected chi connectivity index (χ2v) is 5.89. The summed E-state index contributed by atoms with van der Waals surface area (Å²) >= 11 is 2.19. The first-order valence-electron chi connectivity index (χ1n) is 6.33. The molecule has 6 heteroatoms. The van der Waals surface area contributed by atoms with Gasteiger partial charge >= 0.3 is 0 Å². The molecule has 2 heterocycles. The Morgan fingerprint density at radius 2 is 1.86 bits per heavy atom. The molecule has 0 bridgehead atoms. The Morgan fingerprint density at radius 1 is 1.14 bits per heavy atom. The van der Waals surface area contributed by atoms with Crippen LogP contribution in [0.25, 0.3) is 5.57 Å². The molecule has 0 atom stereocenters. The van der Waals surface area contributed by atoms with E-state index in [9.17, 15) is 9.59 Å². The van der Waals surface area contributed by atoms with Gasteiger partial charge in [-0.3, -0.25) is 15.0 Å². The molecule has 0 aliphatic carbocycles. The van der Waals surface area contributed by atoms with Crippen LogP contribution in [-0.2, 0) is 9.59 Å². The lowest BCUT2D eigenvalue weighted by atomic mass is 10.1. The van der Waals surface area contributed by atoms with Crippen molar-refractivity contribution < 1.29 is 9.59 Å². The highest BCUT2D eigenvalue weighted by molar-refractivity contribution is 14.1. The van der Waals surface area contributed by atoms with Crippen molar-refractivity contribution >= 4 is 45.7 Å². The average molecular weight is 393 g/mol. The largest absolute Gasteiger partial charge is 0.361 e. The van der Waals surface area contributed by atoms with Crippen LogP contribution in [0.2, 0.25) is 0 Å². The van der Waals surface area contributed by atoms with Crippen molar-refractivity contribution in [3.63, 3.8) is 0 Å². The van der Waals surface area contributed by atoms with E-state index >= 15 is 0 Å². The molecule has 1 aromatic carbocycles. The molecular formula is C15H12IN3O2. The van der Waals surface area contributed by atoms with Crippen molar-refractivity contribution in [3.05, 3.63) is 57.4 Å². The van der Waals surface area contributed by atoms with Crippen LogP contribution < -0.4 is 10.4 Å². The summed E-state index contributed by atoms with van der Waals surface area (Å²) in [6.45, 7) is 1.76. The van der Waals surface area contributed by atoms with Gasteiger partial charge in [0, 0.05) is 15.5 Å². The van der Waals surface area contributed by atoms with Gasteiger partial charge in [0.05, 0.1) is 5.69 Å². The Morgan fingerprint density at radius 3 is 2.48 bits per heavy atom. The van der Waals surface area contributed by atoms with Gasteiger partial charge in [-0.1, -0.05) is 0 Å². The predicted octanol–water partition coefficient (Wildman–Crippen LogP) is 2.47. The molecule has 0 unspecified atom stereocenters. The Kier molecular flexibility index (Phi) is 3.54. The number of allylic oxidation sites excluding steroid dienone is 1. The number of aromatic nitrogens is 1. The van der Waals surface area contributed by atoms with E-state index in [4.69, 9.17) is 0 Å². The molecule has 3 rings (SSSR count). The lowest BCUT2D eigenvalue weighted by Gasteiger charge is -2.14. The van der Waals surface area contributed by atoms with Gasteiger partial charge in [-0.25, -0.2) is 5.01 Å². The van der Waals surface area contributed by atoms with Gasteiger partial charge in [-0.15, -0.1) is 0 Å². The summed E-state index contributed by atoms with van der Waals surface area (Å²) in [7, 11) is 0. The van der Waals surface area contributed by atoms with Gasteiger partial charge in [-0.2, -0.15) is 0 Å². The Balaban J connectivity index is 2.00. The van der Waals surface area contributed by atoms with Crippen molar-refractivity contribution in [1.82, 2.24) is 10.4 Å². The number of nitrogens with zero attached hydrogens (tertiary/aromatic N) is 1. The molecule has 1 aliphatic rings. The number of nitrogens with one attached hydrogen (secondary N) is 2. The molecule has 1 aliphatic heterocycles. The molecule has 2 aromatic rings. The number of carbonyl (C=O) groups excluding carboxylic acids is 2. The Labute approximate surface area is 135 Å². The number of rotatable bonds is 2. The first-order valence-corrected chi connectivity index (χ1v) is 7.41. The van der Waals surface area contributed by atoms with Gasteiger partial charge in [-0.05, 0) is 71.5 Å². The second-order valence-electron chi connectivity index (χ2n) is 4.64. The third-order valence-corrected chi connectivity index (χ3v) is 4.04.